The molecule has 1 aliphatic heterocycles. The molecule has 4 heteroatoms. The van der Waals surface area contributed by atoms with Crippen molar-refractivity contribution in [3.8, 4) is 0 Å². The van der Waals surface area contributed by atoms with E-state index in [4.69, 9.17) is 0 Å². The zero-order valence-corrected chi connectivity index (χ0v) is 10.3. The first kappa shape index (κ1) is 11.1. The Kier molecular flexibility index (Phi) is 2.60. The molecule has 2 aliphatic carbocycles. The van der Waals surface area contributed by atoms with Crippen molar-refractivity contribution in [2.75, 3.05) is 13.1 Å². The molecule has 0 bridgehead atoms. The lowest BCUT2D eigenvalue weighted by atomic mass is 10.0. The van der Waals surface area contributed by atoms with Gasteiger partial charge in [0, 0.05) is 32.0 Å². The van der Waals surface area contributed by atoms with Crippen LogP contribution in [0.25, 0.3) is 0 Å². The standard InChI is InChI=1S/C13H20N2O2/c1-8(16)14-12-2-3-15(7-12)13(17)11-5-9-4-10(9)6-11/h9-12H,2-7H2,1H3,(H,14,16). The van der Waals surface area contributed by atoms with Crippen LogP contribution >= 0.6 is 0 Å². The van der Waals surface area contributed by atoms with Crippen LogP contribution in [0.2, 0.25) is 0 Å². The van der Waals surface area contributed by atoms with E-state index >= 15 is 0 Å². The maximum absolute atomic E-state index is 12.3. The smallest absolute Gasteiger partial charge is 0.225 e. The lowest BCUT2D eigenvalue weighted by Gasteiger charge is -2.21. The number of carbonyl (C=O) groups excluding carboxylic acids is 2. The summed E-state index contributed by atoms with van der Waals surface area (Å²) in [5.41, 5.74) is 0. The number of rotatable bonds is 2. The Morgan fingerprint density at radius 1 is 1.18 bits per heavy atom. The van der Waals surface area contributed by atoms with Crippen LogP contribution in [0.1, 0.15) is 32.6 Å². The Morgan fingerprint density at radius 3 is 2.53 bits per heavy atom. The van der Waals surface area contributed by atoms with Crippen LogP contribution in [0.5, 0.6) is 0 Å². The molecule has 3 aliphatic rings. The van der Waals surface area contributed by atoms with Crippen molar-refractivity contribution in [2.24, 2.45) is 17.8 Å². The van der Waals surface area contributed by atoms with Gasteiger partial charge in [-0.05, 0) is 37.5 Å². The van der Waals surface area contributed by atoms with Gasteiger partial charge in [0.25, 0.3) is 0 Å². The molecule has 1 heterocycles. The Morgan fingerprint density at radius 2 is 1.88 bits per heavy atom. The van der Waals surface area contributed by atoms with Gasteiger partial charge in [-0.1, -0.05) is 0 Å². The lowest BCUT2D eigenvalue weighted by molar-refractivity contribution is -0.134. The molecule has 2 amide bonds. The van der Waals surface area contributed by atoms with Crippen molar-refractivity contribution in [3.63, 3.8) is 0 Å². The summed E-state index contributed by atoms with van der Waals surface area (Å²) in [6.07, 6.45) is 4.50. The van der Waals surface area contributed by atoms with Gasteiger partial charge in [0.05, 0.1) is 0 Å². The lowest BCUT2D eigenvalue weighted by Crippen LogP contribution is -2.39. The van der Waals surface area contributed by atoms with Crippen molar-refractivity contribution < 1.29 is 9.59 Å². The second-order valence-corrected chi connectivity index (χ2v) is 5.89. The Hall–Kier alpha value is -1.06. The van der Waals surface area contributed by atoms with E-state index in [0.717, 1.165) is 37.6 Å². The van der Waals surface area contributed by atoms with E-state index < -0.39 is 0 Å². The number of carbonyl (C=O) groups is 2. The highest BCUT2D eigenvalue weighted by atomic mass is 16.2. The second kappa shape index (κ2) is 4.00. The van der Waals surface area contributed by atoms with Crippen LogP contribution < -0.4 is 5.32 Å². The fourth-order valence-electron chi connectivity index (χ4n) is 3.54. The monoisotopic (exact) mass is 236 g/mol. The van der Waals surface area contributed by atoms with Crippen LogP contribution in [0.3, 0.4) is 0 Å². The van der Waals surface area contributed by atoms with Gasteiger partial charge < -0.3 is 10.2 Å². The summed E-state index contributed by atoms with van der Waals surface area (Å²) >= 11 is 0. The van der Waals surface area contributed by atoms with Crippen LogP contribution in [0, 0.1) is 17.8 Å². The maximum Gasteiger partial charge on any atom is 0.225 e. The number of hydrogen-bond donors (Lipinski definition) is 1. The molecule has 1 saturated heterocycles. The maximum atomic E-state index is 12.3. The second-order valence-electron chi connectivity index (χ2n) is 5.89. The SMILES string of the molecule is CC(=O)NC1CCN(C(=O)C2CC3CC3C2)C1. The third-order valence-electron chi connectivity index (χ3n) is 4.50. The van der Waals surface area contributed by atoms with Crippen LogP contribution in [0.15, 0.2) is 0 Å². The highest BCUT2D eigenvalue weighted by molar-refractivity contribution is 5.80. The first-order valence-electron chi connectivity index (χ1n) is 6.69. The molecule has 4 nitrogen and oxygen atoms in total. The minimum atomic E-state index is 0.00594. The Bertz CT molecular complexity index is 345. The average molecular weight is 236 g/mol. The molecule has 2 saturated carbocycles. The summed E-state index contributed by atoms with van der Waals surface area (Å²) in [6, 6.07) is 0.174. The van der Waals surface area contributed by atoms with Gasteiger partial charge in [-0.15, -0.1) is 0 Å². The van der Waals surface area contributed by atoms with Gasteiger partial charge in [-0.25, -0.2) is 0 Å². The van der Waals surface area contributed by atoms with Gasteiger partial charge >= 0.3 is 0 Å². The molecular weight excluding hydrogens is 216 g/mol. The Labute approximate surface area is 102 Å². The zero-order valence-electron chi connectivity index (χ0n) is 10.3. The molecule has 0 radical (unpaired) electrons. The molecule has 1 N–H and O–H groups in total. The third-order valence-corrected chi connectivity index (χ3v) is 4.50. The van der Waals surface area contributed by atoms with E-state index in [1.54, 1.807) is 0 Å². The normalized spacial score (nSPS) is 39.0. The van der Waals surface area contributed by atoms with Gasteiger partial charge in [0.2, 0.25) is 11.8 Å². The predicted molar refractivity (Wildman–Crippen MR) is 63.1 cm³/mol. The van der Waals surface area contributed by atoms with Crippen molar-refractivity contribution in [2.45, 2.75) is 38.6 Å². The molecule has 94 valence electrons. The van der Waals surface area contributed by atoms with Gasteiger partial charge in [0.1, 0.15) is 0 Å². The first-order chi connectivity index (χ1) is 8.13. The summed E-state index contributed by atoms with van der Waals surface area (Å²) in [6.45, 7) is 3.06. The molecule has 3 unspecified atom stereocenters. The molecule has 3 fully saturated rings. The van der Waals surface area contributed by atoms with Crippen LogP contribution in [-0.2, 0) is 9.59 Å². The minimum absolute atomic E-state index is 0.00594. The van der Waals surface area contributed by atoms with Crippen molar-refractivity contribution >= 4 is 11.8 Å². The van der Waals surface area contributed by atoms with Gasteiger partial charge in [0.15, 0.2) is 0 Å². The summed E-state index contributed by atoms with van der Waals surface area (Å²) < 4.78 is 0. The molecular formula is C13H20N2O2. The van der Waals surface area contributed by atoms with Gasteiger partial charge in [-0.2, -0.15) is 0 Å². The van der Waals surface area contributed by atoms with Crippen molar-refractivity contribution in [3.05, 3.63) is 0 Å². The number of nitrogens with zero attached hydrogens (tertiary/aromatic N) is 1. The number of amides is 2. The minimum Gasteiger partial charge on any atom is -0.352 e. The van der Waals surface area contributed by atoms with E-state index in [9.17, 15) is 9.59 Å². The molecule has 3 rings (SSSR count). The van der Waals surface area contributed by atoms with Crippen LogP contribution in [0.4, 0.5) is 0 Å². The number of nitrogens with one attached hydrogen (secondary N) is 1. The summed E-state index contributed by atoms with van der Waals surface area (Å²) in [5.74, 6) is 2.35. The van der Waals surface area contributed by atoms with E-state index in [-0.39, 0.29) is 17.9 Å². The fraction of sp³-hybridized carbons (Fsp3) is 0.846. The fourth-order valence-corrected chi connectivity index (χ4v) is 3.54. The highest BCUT2D eigenvalue weighted by Gasteiger charge is 2.49. The number of fused-ring (bicyclic) bond motifs is 1. The van der Waals surface area contributed by atoms with Crippen LogP contribution in [-0.4, -0.2) is 35.8 Å². The summed E-state index contributed by atoms with van der Waals surface area (Å²) in [7, 11) is 0. The Balaban J connectivity index is 1.52. The van der Waals surface area contributed by atoms with E-state index in [1.807, 2.05) is 4.90 Å². The van der Waals surface area contributed by atoms with Gasteiger partial charge in [-0.3, -0.25) is 9.59 Å². The average Bonchev–Trinajstić information content (AvgIpc) is 2.73. The topological polar surface area (TPSA) is 49.4 Å². The number of likely N-dealkylation sites (tertiary alicyclic amines) is 1. The third kappa shape index (κ3) is 2.17. The quantitative estimate of drug-likeness (QED) is 0.770. The molecule has 0 spiro atoms. The highest BCUT2D eigenvalue weighted by Crippen LogP contribution is 2.54. The van der Waals surface area contributed by atoms with Crippen molar-refractivity contribution in [1.29, 1.82) is 0 Å². The molecule has 3 atom stereocenters. The van der Waals surface area contributed by atoms with E-state index in [0.29, 0.717) is 12.5 Å². The van der Waals surface area contributed by atoms with Crippen molar-refractivity contribution in [1.82, 2.24) is 10.2 Å². The zero-order chi connectivity index (χ0) is 12.0. The van der Waals surface area contributed by atoms with E-state index in [1.165, 1.54) is 13.3 Å². The molecule has 17 heavy (non-hydrogen) atoms. The summed E-state index contributed by atoms with van der Waals surface area (Å²) in [5, 5.41) is 2.90. The molecule has 0 aromatic heterocycles. The van der Waals surface area contributed by atoms with E-state index in [2.05, 4.69) is 5.32 Å². The predicted octanol–water partition coefficient (Wildman–Crippen LogP) is 0.769. The molecule has 0 aromatic carbocycles. The number of hydrogen-bond acceptors (Lipinski definition) is 2. The largest absolute Gasteiger partial charge is 0.352 e. The molecule has 0 aromatic rings. The summed E-state index contributed by atoms with van der Waals surface area (Å²) in [4.78, 5) is 25.2. The first-order valence-corrected chi connectivity index (χ1v) is 6.69.